The van der Waals surface area contributed by atoms with Crippen LogP contribution in [0.15, 0.2) is 36.4 Å². The average Bonchev–Trinajstić information content (AvgIpc) is 2.28. The number of aromatic carboxylic acids is 1. The van der Waals surface area contributed by atoms with E-state index in [0.717, 1.165) is 10.9 Å². The molecule has 0 radical (unpaired) electrons. The minimum atomic E-state index is -0.949. The van der Waals surface area contributed by atoms with Crippen molar-refractivity contribution in [2.45, 2.75) is 13.3 Å². The highest BCUT2D eigenvalue weighted by Gasteiger charge is 2.11. The Morgan fingerprint density at radius 3 is 2.29 bits per heavy atom. The van der Waals surface area contributed by atoms with Crippen molar-refractivity contribution in [3.05, 3.63) is 47.5 Å². The number of hydrogen-bond acceptors (Lipinski definition) is 2. The first kappa shape index (κ1) is 11.3. The standard InChI is InChI=1S/C14H12O3/c1-9(15)8-10-6-7-13(14(16)17)12-5-3-2-4-11(10)12/h2-7H,8H2,1H3,(H,16,17). The Kier molecular flexibility index (Phi) is 2.91. The molecule has 0 bridgehead atoms. The summed E-state index contributed by atoms with van der Waals surface area (Å²) < 4.78 is 0. The second kappa shape index (κ2) is 4.37. The maximum absolute atomic E-state index is 11.2. The van der Waals surface area contributed by atoms with Gasteiger partial charge in [0.25, 0.3) is 0 Å². The summed E-state index contributed by atoms with van der Waals surface area (Å²) in [7, 11) is 0. The van der Waals surface area contributed by atoms with E-state index in [0.29, 0.717) is 11.8 Å². The van der Waals surface area contributed by atoms with Crippen LogP contribution in [0.1, 0.15) is 22.8 Å². The lowest BCUT2D eigenvalue weighted by Gasteiger charge is -2.07. The van der Waals surface area contributed by atoms with Gasteiger partial charge in [-0.05, 0) is 29.3 Å². The van der Waals surface area contributed by atoms with Crippen molar-refractivity contribution >= 4 is 22.5 Å². The van der Waals surface area contributed by atoms with Gasteiger partial charge in [0.2, 0.25) is 0 Å². The van der Waals surface area contributed by atoms with Crippen LogP contribution in [0.5, 0.6) is 0 Å². The molecule has 1 N–H and O–H groups in total. The quantitative estimate of drug-likeness (QED) is 0.878. The van der Waals surface area contributed by atoms with Crippen LogP contribution in [0.4, 0.5) is 0 Å². The third kappa shape index (κ3) is 2.18. The van der Waals surface area contributed by atoms with E-state index in [9.17, 15) is 9.59 Å². The van der Waals surface area contributed by atoms with Gasteiger partial charge >= 0.3 is 5.97 Å². The van der Waals surface area contributed by atoms with Gasteiger partial charge in [0, 0.05) is 6.42 Å². The predicted molar refractivity (Wildman–Crippen MR) is 65.3 cm³/mol. The van der Waals surface area contributed by atoms with Crippen molar-refractivity contribution in [1.82, 2.24) is 0 Å². The summed E-state index contributed by atoms with van der Waals surface area (Å²) in [6.45, 7) is 1.53. The molecular formula is C14H12O3. The van der Waals surface area contributed by atoms with Gasteiger partial charge in [0.1, 0.15) is 5.78 Å². The summed E-state index contributed by atoms with van der Waals surface area (Å²) in [5, 5.41) is 10.6. The number of rotatable bonds is 3. The summed E-state index contributed by atoms with van der Waals surface area (Å²) in [5.41, 5.74) is 1.14. The number of benzene rings is 2. The van der Waals surface area contributed by atoms with Crippen LogP contribution in [0.25, 0.3) is 10.8 Å². The van der Waals surface area contributed by atoms with Crippen LogP contribution >= 0.6 is 0 Å². The molecule has 2 aromatic carbocycles. The fraction of sp³-hybridized carbons (Fsp3) is 0.143. The molecule has 3 heteroatoms. The molecule has 0 fully saturated rings. The Morgan fingerprint density at radius 1 is 1.06 bits per heavy atom. The lowest BCUT2D eigenvalue weighted by Crippen LogP contribution is -2.02. The van der Waals surface area contributed by atoms with Crippen LogP contribution < -0.4 is 0 Å². The first-order valence-corrected chi connectivity index (χ1v) is 5.33. The van der Waals surface area contributed by atoms with E-state index in [-0.39, 0.29) is 11.3 Å². The van der Waals surface area contributed by atoms with Crippen molar-refractivity contribution in [2.24, 2.45) is 0 Å². The van der Waals surface area contributed by atoms with Crippen molar-refractivity contribution in [1.29, 1.82) is 0 Å². The Bertz CT molecular complexity index is 599. The molecular weight excluding hydrogens is 216 g/mol. The second-order valence-corrected chi connectivity index (χ2v) is 4.00. The van der Waals surface area contributed by atoms with E-state index in [1.54, 1.807) is 24.3 Å². The lowest BCUT2D eigenvalue weighted by atomic mass is 9.97. The van der Waals surface area contributed by atoms with Gasteiger partial charge in [-0.1, -0.05) is 30.3 Å². The molecule has 0 unspecified atom stereocenters. The Labute approximate surface area is 98.7 Å². The first-order chi connectivity index (χ1) is 8.09. The van der Waals surface area contributed by atoms with E-state index in [1.165, 1.54) is 6.92 Å². The predicted octanol–water partition coefficient (Wildman–Crippen LogP) is 2.67. The fourth-order valence-corrected chi connectivity index (χ4v) is 1.97. The van der Waals surface area contributed by atoms with Crippen LogP contribution in [0.2, 0.25) is 0 Å². The number of hydrogen-bond donors (Lipinski definition) is 1. The molecule has 2 rings (SSSR count). The molecule has 0 spiro atoms. The highest BCUT2D eigenvalue weighted by atomic mass is 16.4. The highest BCUT2D eigenvalue weighted by Crippen LogP contribution is 2.23. The fourth-order valence-electron chi connectivity index (χ4n) is 1.97. The smallest absolute Gasteiger partial charge is 0.336 e. The molecule has 0 amide bonds. The van der Waals surface area contributed by atoms with E-state index < -0.39 is 5.97 Å². The number of carboxylic acid groups (broad SMARTS) is 1. The number of ketones is 1. The minimum Gasteiger partial charge on any atom is -0.478 e. The SMILES string of the molecule is CC(=O)Cc1ccc(C(=O)O)c2ccccc12. The second-order valence-electron chi connectivity index (χ2n) is 4.00. The lowest BCUT2D eigenvalue weighted by molar-refractivity contribution is -0.116. The summed E-state index contributed by atoms with van der Waals surface area (Å²) in [6.07, 6.45) is 0.334. The molecule has 0 aliphatic rings. The normalized spacial score (nSPS) is 10.4. The van der Waals surface area contributed by atoms with Crippen LogP contribution in [0.3, 0.4) is 0 Å². The number of Topliss-reactive ketones (excluding diaryl/α,β-unsaturated/α-hetero) is 1. The van der Waals surface area contributed by atoms with Gasteiger partial charge in [0.15, 0.2) is 0 Å². The summed E-state index contributed by atoms with van der Waals surface area (Å²) in [6, 6.07) is 10.5. The average molecular weight is 228 g/mol. The van der Waals surface area contributed by atoms with Gasteiger partial charge in [-0.2, -0.15) is 0 Å². The zero-order valence-electron chi connectivity index (χ0n) is 9.43. The van der Waals surface area contributed by atoms with Gasteiger partial charge in [-0.3, -0.25) is 4.79 Å². The van der Waals surface area contributed by atoms with E-state index >= 15 is 0 Å². The molecule has 2 aromatic rings. The summed E-state index contributed by atoms with van der Waals surface area (Å²) in [5.74, 6) is -0.881. The minimum absolute atomic E-state index is 0.0678. The van der Waals surface area contributed by atoms with Crippen molar-refractivity contribution in [3.8, 4) is 0 Å². The highest BCUT2D eigenvalue weighted by molar-refractivity contribution is 6.05. The van der Waals surface area contributed by atoms with E-state index in [4.69, 9.17) is 5.11 Å². The zero-order chi connectivity index (χ0) is 12.4. The molecule has 0 saturated heterocycles. The van der Waals surface area contributed by atoms with Crippen LogP contribution in [-0.4, -0.2) is 16.9 Å². The van der Waals surface area contributed by atoms with Crippen LogP contribution in [0, 0.1) is 0 Å². The molecule has 17 heavy (non-hydrogen) atoms. The summed E-state index contributed by atoms with van der Waals surface area (Å²) in [4.78, 5) is 22.2. The van der Waals surface area contributed by atoms with Gasteiger partial charge in [-0.25, -0.2) is 4.79 Å². The monoisotopic (exact) mass is 228 g/mol. The molecule has 0 aliphatic heterocycles. The maximum Gasteiger partial charge on any atom is 0.336 e. The van der Waals surface area contributed by atoms with Gasteiger partial charge in [-0.15, -0.1) is 0 Å². The molecule has 0 saturated carbocycles. The van der Waals surface area contributed by atoms with E-state index in [1.807, 2.05) is 12.1 Å². The zero-order valence-corrected chi connectivity index (χ0v) is 9.43. The third-order valence-electron chi connectivity index (χ3n) is 2.68. The molecule has 3 nitrogen and oxygen atoms in total. The van der Waals surface area contributed by atoms with Gasteiger partial charge < -0.3 is 5.11 Å². The largest absolute Gasteiger partial charge is 0.478 e. The topological polar surface area (TPSA) is 54.4 Å². The molecule has 0 atom stereocenters. The van der Waals surface area contributed by atoms with Crippen molar-refractivity contribution < 1.29 is 14.7 Å². The number of fused-ring (bicyclic) bond motifs is 1. The van der Waals surface area contributed by atoms with Crippen LogP contribution in [-0.2, 0) is 11.2 Å². The molecule has 0 aliphatic carbocycles. The Balaban J connectivity index is 2.70. The third-order valence-corrected chi connectivity index (χ3v) is 2.68. The number of carbonyl (C=O) groups excluding carboxylic acids is 1. The number of carbonyl (C=O) groups is 2. The number of carboxylic acids is 1. The van der Waals surface area contributed by atoms with Crippen molar-refractivity contribution in [3.63, 3.8) is 0 Å². The van der Waals surface area contributed by atoms with Gasteiger partial charge in [0.05, 0.1) is 5.56 Å². The Morgan fingerprint density at radius 2 is 1.71 bits per heavy atom. The van der Waals surface area contributed by atoms with Crippen molar-refractivity contribution in [2.75, 3.05) is 0 Å². The Hall–Kier alpha value is -2.16. The maximum atomic E-state index is 11.2. The summed E-state index contributed by atoms with van der Waals surface area (Å²) >= 11 is 0. The first-order valence-electron chi connectivity index (χ1n) is 5.33. The molecule has 0 heterocycles. The van der Waals surface area contributed by atoms with E-state index in [2.05, 4.69) is 0 Å². The molecule has 0 aromatic heterocycles. The molecule has 86 valence electrons.